The summed E-state index contributed by atoms with van der Waals surface area (Å²) in [6.45, 7) is 11.6. The SMILES string of the molecule is C=CC1=CC=CC(C)(C)C=C1N=C. The molecule has 0 saturated carbocycles. The Balaban J connectivity index is 3.18. The van der Waals surface area contributed by atoms with Gasteiger partial charge in [0.1, 0.15) is 0 Å². The molecule has 0 amide bonds. The third-order valence-electron chi connectivity index (χ3n) is 2.00. The zero-order valence-corrected chi connectivity index (χ0v) is 8.25. The second-order valence-electron chi connectivity index (χ2n) is 3.69. The van der Waals surface area contributed by atoms with Crippen molar-refractivity contribution in [3.8, 4) is 0 Å². The van der Waals surface area contributed by atoms with Crippen LogP contribution in [0, 0.1) is 5.41 Å². The molecule has 0 aromatic heterocycles. The van der Waals surface area contributed by atoms with Gasteiger partial charge >= 0.3 is 0 Å². The number of hydrogen-bond acceptors (Lipinski definition) is 1. The Bertz CT molecular complexity index is 314. The maximum atomic E-state index is 3.99. The molecule has 0 saturated heterocycles. The molecule has 0 atom stereocenters. The lowest BCUT2D eigenvalue weighted by atomic mass is 9.92. The van der Waals surface area contributed by atoms with E-state index in [-0.39, 0.29) is 5.41 Å². The molecular weight excluding hydrogens is 158 g/mol. The standard InChI is InChI=1S/C12H15N/c1-5-10-7-6-8-12(2,3)9-11(10)13-4/h5-9H,1,4H2,2-3H3. The Hall–Kier alpha value is -1.37. The molecule has 0 bridgehead atoms. The zero-order valence-electron chi connectivity index (χ0n) is 8.25. The van der Waals surface area contributed by atoms with Gasteiger partial charge in [-0.15, -0.1) is 0 Å². The Morgan fingerprint density at radius 1 is 1.46 bits per heavy atom. The molecule has 0 N–H and O–H groups in total. The summed E-state index contributed by atoms with van der Waals surface area (Å²) in [6.07, 6.45) is 10.1. The van der Waals surface area contributed by atoms with Gasteiger partial charge < -0.3 is 0 Å². The molecule has 0 aromatic rings. The van der Waals surface area contributed by atoms with E-state index in [1.165, 1.54) is 0 Å². The van der Waals surface area contributed by atoms with Gasteiger partial charge in [-0.3, -0.25) is 4.99 Å². The summed E-state index contributed by atoms with van der Waals surface area (Å²) >= 11 is 0. The minimum absolute atomic E-state index is 0.0395. The van der Waals surface area contributed by atoms with Crippen LogP contribution in [0.25, 0.3) is 0 Å². The summed E-state index contributed by atoms with van der Waals surface area (Å²) in [5.41, 5.74) is 1.97. The van der Waals surface area contributed by atoms with Crippen molar-refractivity contribution in [1.82, 2.24) is 0 Å². The maximum Gasteiger partial charge on any atom is 0.0663 e. The lowest BCUT2D eigenvalue weighted by Crippen LogP contribution is -2.02. The normalized spacial score (nSPS) is 19.8. The minimum atomic E-state index is 0.0395. The summed E-state index contributed by atoms with van der Waals surface area (Å²) in [5, 5.41) is 0. The molecule has 1 aliphatic carbocycles. The first-order chi connectivity index (χ1) is 6.09. The zero-order chi connectivity index (χ0) is 9.90. The average Bonchev–Trinajstić information content (AvgIpc) is 2.22. The molecule has 0 aromatic carbocycles. The third kappa shape index (κ3) is 2.28. The van der Waals surface area contributed by atoms with Crippen molar-refractivity contribution in [3.63, 3.8) is 0 Å². The molecular formula is C12H15N. The Labute approximate surface area is 79.9 Å². The highest BCUT2D eigenvalue weighted by atomic mass is 14.7. The van der Waals surface area contributed by atoms with E-state index in [2.05, 4.69) is 44.3 Å². The van der Waals surface area contributed by atoms with Crippen molar-refractivity contribution in [3.05, 3.63) is 48.2 Å². The van der Waals surface area contributed by atoms with E-state index in [9.17, 15) is 0 Å². The van der Waals surface area contributed by atoms with Crippen molar-refractivity contribution in [1.29, 1.82) is 0 Å². The van der Waals surface area contributed by atoms with E-state index >= 15 is 0 Å². The number of allylic oxidation sites excluding steroid dienone is 5. The molecule has 68 valence electrons. The minimum Gasteiger partial charge on any atom is -0.264 e. The summed E-state index contributed by atoms with van der Waals surface area (Å²) in [6, 6.07) is 0. The van der Waals surface area contributed by atoms with Crippen molar-refractivity contribution in [2.45, 2.75) is 13.8 Å². The summed E-state index contributed by atoms with van der Waals surface area (Å²) in [7, 11) is 0. The molecule has 1 nitrogen and oxygen atoms in total. The van der Waals surface area contributed by atoms with Crippen LogP contribution in [-0.2, 0) is 0 Å². The van der Waals surface area contributed by atoms with Gasteiger partial charge in [-0.25, -0.2) is 0 Å². The number of aliphatic imine (C=N–C) groups is 1. The molecule has 1 aliphatic rings. The fourth-order valence-electron chi connectivity index (χ4n) is 1.28. The summed E-state index contributed by atoms with van der Waals surface area (Å²) < 4.78 is 0. The van der Waals surface area contributed by atoms with E-state index in [0.29, 0.717) is 0 Å². The lowest BCUT2D eigenvalue weighted by Gasteiger charge is -2.14. The maximum absolute atomic E-state index is 3.99. The van der Waals surface area contributed by atoms with E-state index in [4.69, 9.17) is 0 Å². The van der Waals surface area contributed by atoms with Gasteiger partial charge in [0.05, 0.1) is 5.70 Å². The van der Waals surface area contributed by atoms with Crippen molar-refractivity contribution < 1.29 is 0 Å². The molecule has 13 heavy (non-hydrogen) atoms. The van der Waals surface area contributed by atoms with Gasteiger partial charge in [0.25, 0.3) is 0 Å². The van der Waals surface area contributed by atoms with Crippen molar-refractivity contribution in [2.24, 2.45) is 10.4 Å². The number of nitrogens with zero attached hydrogens (tertiary/aromatic N) is 1. The second-order valence-corrected chi connectivity index (χ2v) is 3.69. The highest BCUT2D eigenvalue weighted by Gasteiger charge is 2.14. The molecule has 1 heteroatoms. The van der Waals surface area contributed by atoms with Crippen molar-refractivity contribution in [2.75, 3.05) is 0 Å². The lowest BCUT2D eigenvalue weighted by molar-refractivity contribution is 0.622. The predicted octanol–water partition coefficient (Wildman–Crippen LogP) is 3.28. The first-order valence-electron chi connectivity index (χ1n) is 4.31. The van der Waals surface area contributed by atoms with Crippen LogP contribution in [0.15, 0.2) is 53.2 Å². The topological polar surface area (TPSA) is 12.4 Å². The first-order valence-corrected chi connectivity index (χ1v) is 4.31. The van der Waals surface area contributed by atoms with Crippen LogP contribution in [0.2, 0.25) is 0 Å². The largest absolute Gasteiger partial charge is 0.264 e. The smallest absolute Gasteiger partial charge is 0.0663 e. The molecule has 0 radical (unpaired) electrons. The summed E-state index contributed by atoms with van der Waals surface area (Å²) in [4.78, 5) is 3.99. The second kappa shape index (κ2) is 3.56. The highest BCUT2D eigenvalue weighted by molar-refractivity contribution is 5.47. The fraction of sp³-hybridized carbons (Fsp3) is 0.250. The molecule has 0 aliphatic heterocycles. The number of rotatable bonds is 2. The quantitative estimate of drug-likeness (QED) is 0.568. The van der Waals surface area contributed by atoms with Crippen LogP contribution in [0.3, 0.4) is 0 Å². The predicted molar refractivity (Wildman–Crippen MR) is 58.8 cm³/mol. The monoisotopic (exact) mass is 173 g/mol. The molecule has 0 fully saturated rings. The van der Waals surface area contributed by atoms with Crippen LogP contribution >= 0.6 is 0 Å². The highest BCUT2D eigenvalue weighted by Crippen LogP contribution is 2.27. The molecule has 0 unspecified atom stereocenters. The Kier molecular flexibility index (Phi) is 2.66. The van der Waals surface area contributed by atoms with E-state index in [1.54, 1.807) is 6.08 Å². The Morgan fingerprint density at radius 3 is 2.69 bits per heavy atom. The Morgan fingerprint density at radius 2 is 2.15 bits per heavy atom. The molecule has 1 rings (SSSR count). The van der Waals surface area contributed by atoms with Crippen LogP contribution < -0.4 is 0 Å². The van der Waals surface area contributed by atoms with Crippen LogP contribution in [0.5, 0.6) is 0 Å². The number of hydrogen-bond donors (Lipinski definition) is 0. The third-order valence-corrected chi connectivity index (χ3v) is 2.00. The van der Waals surface area contributed by atoms with Gasteiger partial charge in [-0.1, -0.05) is 44.7 Å². The fourth-order valence-corrected chi connectivity index (χ4v) is 1.28. The van der Waals surface area contributed by atoms with Gasteiger partial charge in [0.2, 0.25) is 0 Å². The molecule has 0 spiro atoms. The van der Waals surface area contributed by atoms with E-state index in [1.807, 2.05) is 12.2 Å². The molecule has 0 heterocycles. The van der Waals surface area contributed by atoms with E-state index < -0.39 is 0 Å². The summed E-state index contributed by atoms with van der Waals surface area (Å²) in [5.74, 6) is 0. The van der Waals surface area contributed by atoms with Gasteiger partial charge in [-0.05, 0) is 18.4 Å². The van der Waals surface area contributed by atoms with Gasteiger partial charge in [0, 0.05) is 5.41 Å². The first kappa shape index (κ1) is 9.72. The van der Waals surface area contributed by atoms with Gasteiger partial charge in [0.15, 0.2) is 0 Å². The van der Waals surface area contributed by atoms with E-state index in [0.717, 1.165) is 11.3 Å². The van der Waals surface area contributed by atoms with Gasteiger partial charge in [-0.2, -0.15) is 0 Å². The van der Waals surface area contributed by atoms with Crippen LogP contribution in [0.1, 0.15) is 13.8 Å². The van der Waals surface area contributed by atoms with Crippen LogP contribution in [-0.4, -0.2) is 6.72 Å². The average molecular weight is 173 g/mol. The van der Waals surface area contributed by atoms with Crippen molar-refractivity contribution >= 4 is 6.72 Å². The van der Waals surface area contributed by atoms with Crippen LogP contribution in [0.4, 0.5) is 0 Å².